The lowest BCUT2D eigenvalue weighted by Crippen LogP contribution is -2.28. The summed E-state index contributed by atoms with van der Waals surface area (Å²) >= 11 is 0. The van der Waals surface area contributed by atoms with E-state index >= 15 is 0 Å². The van der Waals surface area contributed by atoms with Crippen molar-refractivity contribution in [2.75, 3.05) is 16.8 Å². The summed E-state index contributed by atoms with van der Waals surface area (Å²) < 4.78 is 27.0. The molecule has 24 heavy (non-hydrogen) atoms. The Morgan fingerprint density at radius 2 is 1.96 bits per heavy atom. The predicted octanol–water partition coefficient (Wildman–Crippen LogP) is 3.26. The molecule has 1 saturated heterocycles. The molecule has 1 unspecified atom stereocenters. The molecule has 1 heterocycles. The topological polar surface area (TPSA) is 49.4 Å². The molecule has 1 aliphatic heterocycles. The lowest BCUT2D eigenvalue weighted by molar-refractivity contribution is -0.122. The van der Waals surface area contributed by atoms with Gasteiger partial charge in [-0.2, -0.15) is 0 Å². The lowest BCUT2D eigenvalue weighted by atomic mass is 10.1. The van der Waals surface area contributed by atoms with Crippen LogP contribution in [0.15, 0.2) is 42.5 Å². The molecule has 2 amide bonds. The van der Waals surface area contributed by atoms with Gasteiger partial charge in [0, 0.05) is 18.7 Å². The summed E-state index contributed by atoms with van der Waals surface area (Å²) in [7, 11) is 0. The number of para-hydroxylation sites is 1. The fraction of sp³-hybridized carbons (Fsp3) is 0.222. The zero-order valence-electron chi connectivity index (χ0n) is 13.1. The van der Waals surface area contributed by atoms with Gasteiger partial charge >= 0.3 is 0 Å². The van der Waals surface area contributed by atoms with Gasteiger partial charge in [-0.05, 0) is 42.8 Å². The Labute approximate surface area is 138 Å². The average molecular weight is 330 g/mol. The Morgan fingerprint density at radius 3 is 2.67 bits per heavy atom. The van der Waals surface area contributed by atoms with Crippen LogP contribution >= 0.6 is 0 Å². The first-order valence-corrected chi connectivity index (χ1v) is 7.57. The van der Waals surface area contributed by atoms with Gasteiger partial charge in [-0.3, -0.25) is 9.59 Å². The normalized spacial score (nSPS) is 17.2. The fourth-order valence-electron chi connectivity index (χ4n) is 2.79. The highest BCUT2D eigenvalue weighted by Gasteiger charge is 2.36. The van der Waals surface area contributed by atoms with Gasteiger partial charge in [-0.15, -0.1) is 0 Å². The molecule has 2 aromatic rings. The molecule has 1 atom stereocenters. The summed E-state index contributed by atoms with van der Waals surface area (Å²) in [4.78, 5) is 25.8. The standard InChI is InChI=1S/C18H16F2N2O2/c1-11-8-13(19)6-7-15(11)21-18(24)12-9-17(23)22(10-12)16-5-3-2-4-14(16)20/h2-8,12H,9-10H2,1H3,(H,21,24). The molecule has 1 aliphatic rings. The molecule has 0 aromatic heterocycles. The first-order chi connectivity index (χ1) is 11.5. The fourth-order valence-corrected chi connectivity index (χ4v) is 2.79. The summed E-state index contributed by atoms with van der Waals surface area (Å²) in [6.07, 6.45) is 0.0143. The summed E-state index contributed by atoms with van der Waals surface area (Å²) in [5, 5.41) is 2.71. The largest absolute Gasteiger partial charge is 0.326 e. The summed E-state index contributed by atoms with van der Waals surface area (Å²) in [5.74, 6) is -2.09. The van der Waals surface area contributed by atoms with E-state index in [4.69, 9.17) is 0 Å². The number of nitrogens with one attached hydrogen (secondary N) is 1. The van der Waals surface area contributed by atoms with E-state index in [1.165, 1.54) is 35.2 Å². The molecule has 0 spiro atoms. The first kappa shape index (κ1) is 16.1. The molecule has 0 radical (unpaired) electrons. The molecule has 1 fully saturated rings. The Hall–Kier alpha value is -2.76. The van der Waals surface area contributed by atoms with Crippen LogP contribution in [-0.2, 0) is 9.59 Å². The van der Waals surface area contributed by atoms with Crippen LogP contribution in [0.4, 0.5) is 20.2 Å². The van der Waals surface area contributed by atoms with Crippen molar-refractivity contribution in [3.8, 4) is 0 Å². The van der Waals surface area contributed by atoms with E-state index in [1.807, 2.05) is 0 Å². The van der Waals surface area contributed by atoms with Crippen molar-refractivity contribution in [2.45, 2.75) is 13.3 Å². The minimum absolute atomic E-state index is 0.0143. The third-order valence-electron chi connectivity index (χ3n) is 4.09. The predicted molar refractivity (Wildman–Crippen MR) is 86.6 cm³/mol. The first-order valence-electron chi connectivity index (χ1n) is 7.57. The van der Waals surface area contributed by atoms with Crippen molar-refractivity contribution >= 4 is 23.2 Å². The molecule has 6 heteroatoms. The van der Waals surface area contributed by atoms with E-state index in [1.54, 1.807) is 19.1 Å². The molecule has 0 saturated carbocycles. The van der Waals surface area contributed by atoms with Gasteiger partial charge in [0.2, 0.25) is 11.8 Å². The molecular formula is C18H16F2N2O2. The number of anilines is 2. The van der Waals surface area contributed by atoms with Crippen LogP contribution in [-0.4, -0.2) is 18.4 Å². The van der Waals surface area contributed by atoms with Crippen molar-refractivity contribution in [1.29, 1.82) is 0 Å². The average Bonchev–Trinajstić information content (AvgIpc) is 2.92. The van der Waals surface area contributed by atoms with Crippen LogP contribution in [0.3, 0.4) is 0 Å². The van der Waals surface area contributed by atoms with E-state index in [-0.39, 0.29) is 36.3 Å². The van der Waals surface area contributed by atoms with Crippen LogP contribution in [0.25, 0.3) is 0 Å². The van der Waals surface area contributed by atoms with E-state index < -0.39 is 11.7 Å². The van der Waals surface area contributed by atoms with Crippen LogP contribution in [0.2, 0.25) is 0 Å². The SMILES string of the molecule is Cc1cc(F)ccc1NC(=O)C1CC(=O)N(c2ccccc2F)C1. The van der Waals surface area contributed by atoms with E-state index in [0.717, 1.165) is 0 Å². The van der Waals surface area contributed by atoms with Gasteiger partial charge in [-0.25, -0.2) is 8.78 Å². The van der Waals surface area contributed by atoms with Crippen LogP contribution in [0, 0.1) is 24.5 Å². The Morgan fingerprint density at radius 1 is 1.21 bits per heavy atom. The monoisotopic (exact) mass is 330 g/mol. The zero-order chi connectivity index (χ0) is 17.3. The highest BCUT2D eigenvalue weighted by Crippen LogP contribution is 2.28. The highest BCUT2D eigenvalue weighted by atomic mass is 19.1. The number of hydrogen-bond donors (Lipinski definition) is 1. The number of benzene rings is 2. The number of carbonyl (C=O) groups is 2. The van der Waals surface area contributed by atoms with Gasteiger partial charge in [0.1, 0.15) is 11.6 Å². The zero-order valence-corrected chi connectivity index (χ0v) is 13.1. The quantitative estimate of drug-likeness (QED) is 0.939. The molecule has 0 aliphatic carbocycles. The second kappa shape index (κ2) is 6.39. The summed E-state index contributed by atoms with van der Waals surface area (Å²) in [6, 6.07) is 10.0. The number of amides is 2. The summed E-state index contributed by atoms with van der Waals surface area (Å²) in [6.45, 7) is 1.80. The molecule has 1 N–H and O–H groups in total. The maximum Gasteiger partial charge on any atom is 0.229 e. The van der Waals surface area contributed by atoms with Gasteiger partial charge in [0.15, 0.2) is 0 Å². The number of hydrogen-bond acceptors (Lipinski definition) is 2. The van der Waals surface area contributed by atoms with Crippen LogP contribution in [0.1, 0.15) is 12.0 Å². The maximum absolute atomic E-state index is 13.9. The number of rotatable bonds is 3. The minimum Gasteiger partial charge on any atom is -0.326 e. The Balaban J connectivity index is 1.73. The molecule has 124 valence electrons. The van der Waals surface area contributed by atoms with Gasteiger partial charge < -0.3 is 10.2 Å². The minimum atomic E-state index is -0.582. The maximum atomic E-state index is 13.9. The molecule has 3 rings (SSSR count). The van der Waals surface area contributed by atoms with Crippen molar-refractivity contribution < 1.29 is 18.4 Å². The van der Waals surface area contributed by atoms with E-state index in [2.05, 4.69) is 5.32 Å². The van der Waals surface area contributed by atoms with Crippen molar-refractivity contribution in [2.24, 2.45) is 5.92 Å². The molecular weight excluding hydrogens is 314 g/mol. The molecule has 4 nitrogen and oxygen atoms in total. The Bertz CT molecular complexity index is 807. The molecule has 0 bridgehead atoms. The van der Waals surface area contributed by atoms with Gasteiger partial charge in [0.25, 0.3) is 0 Å². The van der Waals surface area contributed by atoms with Crippen molar-refractivity contribution in [3.63, 3.8) is 0 Å². The number of nitrogens with zero attached hydrogens (tertiary/aromatic N) is 1. The van der Waals surface area contributed by atoms with E-state index in [0.29, 0.717) is 11.3 Å². The number of carbonyl (C=O) groups excluding carboxylic acids is 2. The summed E-state index contributed by atoms with van der Waals surface area (Å²) in [5.41, 5.74) is 1.27. The smallest absolute Gasteiger partial charge is 0.229 e. The van der Waals surface area contributed by atoms with Crippen molar-refractivity contribution in [3.05, 3.63) is 59.7 Å². The number of halogens is 2. The third kappa shape index (κ3) is 3.13. The van der Waals surface area contributed by atoms with Crippen LogP contribution in [0.5, 0.6) is 0 Å². The Kier molecular flexibility index (Phi) is 4.29. The van der Waals surface area contributed by atoms with Gasteiger partial charge in [0.05, 0.1) is 11.6 Å². The second-order valence-corrected chi connectivity index (χ2v) is 5.81. The molecule has 2 aromatic carbocycles. The highest BCUT2D eigenvalue weighted by molar-refractivity contribution is 6.03. The van der Waals surface area contributed by atoms with Crippen molar-refractivity contribution in [1.82, 2.24) is 0 Å². The second-order valence-electron chi connectivity index (χ2n) is 5.81. The van der Waals surface area contributed by atoms with E-state index in [9.17, 15) is 18.4 Å². The van der Waals surface area contributed by atoms with Gasteiger partial charge in [-0.1, -0.05) is 12.1 Å². The lowest BCUT2D eigenvalue weighted by Gasteiger charge is -2.17. The number of aryl methyl sites for hydroxylation is 1. The third-order valence-corrected chi connectivity index (χ3v) is 4.09. The van der Waals surface area contributed by atoms with Crippen LogP contribution < -0.4 is 10.2 Å².